The van der Waals surface area contributed by atoms with E-state index in [0.29, 0.717) is 5.75 Å². The molecule has 1 saturated carbocycles. The molecule has 2 rings (SSSR count). The lowest BCUT2D eigenvalue weighted by Gasteiger charge is -2.29. The summed E-state index contributed by atoms with van der Waals surface area (Å²) in [5.41, 5.74) is 0.00787. The second-order valence-corrected chi connectivity index (χ2v) is 9.02. The molecular formula is C24H35NO7. The molecule has 1 amide bonds. The van der Waals surface area contributed by atoms with Crippen LogP contribution in [-0.4, -0.2) is 54.8 Å². The van der Waals surface area contributed by atoms with E-state index < -0.39 is 29.7 Å². The van der Waals surface area contributed by atoms with Gasteiger partial charge in [0, 0.05) is 7.05 Å². The average molecular weight is 450 g/mol. The summed E-state index contributed by atoms with van der Waals surface area (Å²) in [5.74, 6) is -0.540. The van der Waals surface area contributed by atoms with E-state index in [9.17, 15) is 14.4 Å². The maximum atomic E-state index is 12.9. The van der Waals surface area contributed by atoms with Gasteiger partial charge in [0.1, 0.15) is 30.1 Å². The molecule has 8 nitrogen and oxygen atoms in total. The molecule has 1 aromatic carbocycles. The Morgan fingerprint density at radius 3 is 2.25 bits per heavy atom. The third kappa shape index (κ3) is 8.40. The number of amides is 1. The molecule has 0 heterocycles. The monoisotopic (exact) mass is 449 g/mol. The van der Waals surface area contributed by atoms with Gasteiger partial charge in [-0.15, -0.1) is 0 Å². The molecule has 0 aromatic heterocycles. The molecule has 0 saturated heterocycles. The van der Waals surface area contributed by atoms with Crippen molar-refractivity contribution in [1.29, 1.82) is 0 Å². The van der Waals surface area contributed by atoms with Crippen LogP contribution in [0.25, 0.3) is 0 Å². The highest BCUT2D eigenvalue weighted by molar-refractivity contribution is 5.86. The summed E-state index contributed by atoms with van der Waals surface area (Å²) in [6.45, 7) is 5.19. The van der Waals surface area contributed by atoms with Crippen LogP contribution < -0.4 is 4.74 Å². The lowest BCUT2D eigenvalue weighted by atomic mass is 9.98. The molecule has 1 aliphatic carbocycles. The number of methoxy groups -OCH3 is 1. The number of nitrogens with zero attached hydrogens (tertiary/aromatic N) is 1. The first kappa shape index (κ1) is 25.5. The number of benzene rings is 1. The lowest BCUT2D eigenvalue weighted by molar-refractivity contribution is -0.159. The van der Waals surface area contributed by atoms with Crippen LogP contribution in [0.4, 0.5) is 4.79 Å². The van der Waals surface area contributed by atoms with Crippen LogP contribution >= 0.6 is 0 Å². The third-order valence-corrected chi connectivity index (χ3v) is 5.17. The number of hydrogen-bond acceptors (Lipinski definition) is 7. The molecule has 178 valence electrons. The first-order chi connectivity index (χ1) is 15.1. The normalized spacial score (nSPS) is 15.4. The van der Waals surface area contributed by atoms with E-state index in [1.165, 1.54) is 7.05 Å². The summed E-state index contributed by atoms with van der Waals surface area (Å²) in [6, 6.07) is 5.91. The van der Waals surface area contributed by atoms with Crippen molar-refractivity contribution in [3.63, 3.8) is 0 Å². The largest absolute Gasteiger partial charge is 0.497 e. The molecule has 0 spiro atoms. The minimum absolute atomic E-state index is 0.000835. The van der Waals surface area contributed by atoms with Crippen molar-refractivity contribution < 1.29 is 33.3 Å². The number of esters is 2. The molecule has 32 heavy (non-hydrogen) atoms. The zero-order valence-electron chi connectivity index (χ0n) is 19.7. The van der Waals surface area contributed by atoms with Crippen LogP contribution in [0.3, 0.4) is 0 Å². The molecule has 0 N–H and O–H groups in total. The van der Waals surface area contributed by atoms with Crippen molar-refractivity contribution in [3.05, 3.63) is 29.8 Å². The van der Waals surface area contributed by atoms with E-state index >= 15 is 0 Å². The Morgan fingerprint density at radius 1 is 1.06 bits per heavy atom. The summed E-state index contributed by atoms with van der Waals surface area (Å²) >= 11 is 0. The lowest BCUT2D eigenvalue weighted by Crippen LogP contribution is -2.47. The predicted molar refractivity (Wildman–Crippen MR) is 118 cm³/mol. The van der Waals surface area contributed by atoms with Gasteiger partial charge in [0.05, 0.1) is 13.5 Å². The zero-order valence-corrected chi connectivity index (χ0v) is 19.7. The second-order valence-electron chi connectivity index (χ2n) is 9.02. The van der Waals surface area contributed by atoms with Gasteiger partial charge in [0.25, 0.3) is 0 Å². The number of carbonyl (C=O) groups excluding carboxylic acids is 3. The Hall–Kier alpha value is -2.77. The van der Waals surface area contributed by atoms with Gasteiger partial charge in [-0.2, -0.15) is 0 Å². The van der Waals surface area contributed by atoms with Crippen molar-refractivity contribution in [2.24, 2.45) is 0 Å². The van der Waals surface area contributed by atoms with E-state index in [4.69, 9.17) is 18.9 Å². The maximum Gasteiger partial charge on any atom is 0.410 e. The van der Waals surface area contributed by atoms with Gasteiger partial charge < -0.3 is 18.9 Å². The fourth-order valence-electron chi connectivity index (χ4n) is 3.39. The number of likely N-dealkylation sites (N-methyl/N-ethyl adjacent to an activating group) is 1. The van der Waals surface area contributed by atoms with Crippen molar-refractivity contribution >= 4 is 18.0 Å². The molecule has 1 atom stereocenters. The fraction of sp³-hybridized carbons (Fsp3) is 0.625. The molecule has 1 aromatic rings. The van der Waals surface area contributed by atoms with E-state index in [0.717, 1.165) is 42.6 Å². The van der Waals surface area contributed by atoms with E-state index in [1.54, 1.807) is 52.1 Å². The minimum Gasteiger partial charge on any atom is -0.497 e. The first-order valence-electron chi connectivity index (χ1n) is 11.0. The van der Waals surface area contributed by atoms with Gasteiger partial charge in [-0.1, -0.05) is 18.6 Å². The van der Waals surface area contributed by atoms with Gasteiger partial charge in [0.15, 0.2) is 0 Å². The molecule has 8 heteroatoms. The van der Waals surface area contributed by atoms with Crippen LogP contribution in [-0.2, 0) is 30.4 Å². The van der Waals surface area contributed by atoms with Crippen LogP contribution in [0, 0.1) is 0 Å². The summed E-state index contributed by atoms with van der Waals surface area (Å²) in [5, 5.41) is 0. The topological polar surface area (TPSA) is 91.4 Å². The fourth-order valence-corrected chi connectivity index (χ4v) is 3.39. The number of rotatable bonds is 8. The number of carbonyl (C=O) groups is 3. The predicted octanol–water partition coefficient (Wildman–Crippen LogP) is 4.24. The number of ether oxygens (including phenoxy) is 4. The van der Waals surface area contributed by atoms with Gasteiger partial charge in [-0.3, -0.25) is 9.69 Å². The highest BCUT2D eigenvalue weighted by atomic mass is 16.6. The molecule has 0 bridgehead atoms. The zero-order chi connectivity index (χ0) is 23.7. The van der Waals surface area contributed by atoms with Crippen LogP contribution in [0.15, 0.2) is 24.3 Å². The molecule has 1 fully saturated rings. The Morgan fingerprint density at radius 2 is 1.69 bits per heavy atom. The summed E-state index contributed by atoms with van der Waals surface area (Å²) in [6.07, 6.45) is 3.66. The van der Waals surface area contributed by atoms with Crippen molar-refractivity contribution in [1.82, 2.24) is 4.90 Å². The van der Waals surface area contributed by atoms with E-state index in [-0.39, 0.29) is 19.1 Å². The Balaban J connectivity index is 2.05. The van der Waals surface area contributed by atoms with Crippen LogP contribution in [0.2, 0.25) is 0 Å². The minimum atomic E-state index is -1.15. The summed E-state index contributed by atoms with van der Waals surface area (Å²) in [4.78, 5) is 39.1. The van der Waals surface area contributed by atoms with Crippen molar-refractivity contribution in [3.8, 4) is 5.75 Å². The summed E-state index contributed by atoms with van der Waals surface area (Å²) in [7, 11) is 2.99. The van der Waals surface area contributed by atoms with E-state index in [1.807, 2.05) is 0 Å². The highest BCUT2D eigenvalue weighted by Crippen LogP contribution is 2.22. The molecular weight excluding hydrogens is 414 g/mol. The third-order valence-electron chi connectivity index (χ3n) is 5.17. The Labute approximate surface area is 190 Å². The Kier molecular flexibility index (Phi) is 9.35. The SMILES string of the molecule is COc1ccc(COC(=O)[C@H](CC(=O)OC2CCCCC2)N(C)C(=O)OC(C)(C)C)cc1. The highest BCUT2D eigenvalue weighted by Gasteiger charge is 2.34. The van der Waals surface area contributed by atoms with Crippen molar-refractivity contribution in [2.45, 2.75) is 83.6 Å². The quantitative estimate of drug-likeness (QED) is 0.433. The van der Waals surface area contributed by atoms with Crippen LogP contribution in [0.5, 0.6) is 5.75 Å². The Bertz CT molecular complexity index is 764. The van der Waals surface area contributed by atoms with Gasteiger partial charge in [-0.25, -0.2) is 9.59 Å². The first-order valence-corrected chi connectivity index (χ1v) is 11.0. The average Bonchev–Trinajstić information content (AvgIpc) is 2.75. The number of hydrogen-bond donors (Lipinski definition) is 0. The van der Waals surface area contributed by atoms with Gasteiger partial charge in [-0.05, 0) is 64.2 Å². The second kappa shape index (κ2) is 11.7. The maximum absolute atomic E-state index is 12.9. The standard InChI is InChI=1S/C24H35NO7/c1-24(2,3)32-23(28)25(4)20(15-21(26)31-19-9-7-6-8-10-19)22(27)30-16-17-11-13-18(29-5)14-12-17/h11-14,19-20H,6-10,15-16H2,1-5H3/t20-/m0/s1. The molecule has 0 unspecified atom stereocenters. The smallest absolute Gasteiger partial charge is 0.410 e. The van der Waals surface area contributed by atoms with Crippen LogP contribution in [0.1, 0.15) is 64.9 Å². The molecule has 0 radical (unpaired) electrons. The summed E-state index contributed by atoms with van der Waals surface area (Å²) < 4.78 is 21.5. The molecule has 0 aliphatic heterocycles. The van der Waals surface area contributed by atoms with Crippen molar-refractivity contribution in [2.75, 3.05) is 14.2 Å². The molecule has 1 aliphatic rings. The van der Waals surface area contributed by atoms with Gasteiger partial charge in [0.2, 0.25) is 0 Å². The van der Waals surface area contributed by atoms with E-state index in [2.05, 4.69) is 0 Å². The van der Waals surface area contributed by atoms with Gasteiger partial charge >= 0.3 is 18.0 Å².